The number of carbonyl (C=O) groups excluding carboxylic acids is 1. The number of rotatable bonds is 5. The predicted molar refractivity (Wildman–Crippen MR) is 128 cm³/mol. The fourth-order valence-corrected chi connectivity index (χ4v) is 4.80. The molecule has 0 spiro atoms. The van der Waals surface area contributed by atoms with Crippen LogP contribution in [0.15, 0.2) is 47.8 Å². The van der Waals surface area contributed by atoms with E-state index < -0.39 is 10.8 Å². The first kappa shape index (κ1) is 21.1. The summed E-state index contributed by atoms with van der Waals surface area (Å²) >= 11 is 1.31. The minimum absolute atomic E-state index is 0.0983. The highest BCUT2D eigenvalue weighted by atomic mass is 32.1. The number of carbonyl (C=O) groups is 1. The highest BCUT2D eigenvalue weighted by Crippen LogP contribution is 2.34. The van der Waals surface area contributed by atoms with Gasteiger partial charge in [0.15, 0.2) is 5.13 Å². The minimum atomic E-state index is -0.455. The summed E-state index contributed by atoms with van der Waals surface area (Å²) < 4.78 is 5.33. The third-order valence-electron chi connectivity index (χ3n) is 5.66. The van der Waals surface area contributed by atoms with Crippen LogP contribution < -0.4 is 10.2 Å². The topological polar surface area (TPSA) is 113 Å². The zero-order valence-electron chi connectivity index (χ0n) is 17.8. The molecule has 9 nitrogen and oxygen atoms in total. The summed E-state index contributed by atoms with van der Waals surface area (Å²) in [5.41, 5.74) is 4.38. The molecular weight excluding hydrogens is 442 g/mol. The Morgan fingerprint density at radius 3 is 2.82 bits per heavy atom. The maximum absolute atomic E-state index is 12.8. The Kier molecular flexibility index (Phi) is 5.53. The number of H-pyrrole nitrogens is 1. The molecule has 0 atom stereocenters. The van der Waals surface area contributed by atoms with E-state index in [9.17, 15) is 14.9 Å². The van der Waals surface area contributed by atoms with E-state index in [-0.39, 0.29) is 11.3 Å². The molecule has 1 amide bonds. The van der Waals surface area contributed by atoms with Gasteiger partial charge in [-0.1, -0.05) is 18.2 Å². The van der Waals surface area contributed by atoms with E-state index in [2.05, 4.69) is 15.3 Å². The Morgan fingerprint density at radius 1 is 1.24 bits per heavy atom. The first-order valence-corrected chi connectivity index (χ1v) is 11.3. The number of amides is 1. The van der Waals surface area contributed by atoms with Crippen LogP contribution in [-0.4, -0.2) is 47.1 Å². The average Bonchev–Trinajstić information content (AvgIpc) is 3.41. The van der Waals surface area contributed by atoms with Crippen molar-refractivity contribution in [2.24, 2.45) is 0 Å². The Balaban J connectivity index is 1.39. The zero-order chi connectivity index (χ0) is 22.9. The van der Waals surface area contributed by atoms with Crippen LogP contribution in [0.4, 0.5) is 16.5 Å². The highest BCUT2D eigenvalue weighted by Gasteiger charge is 2.24. The molecule has 1 aliphatic heterocycles. The number of nitrogens with zero attached hydrogens (tertiary/aromatic N) is 3. The van der Waals surface area contributed by atoms with Gasteiger partial charge in [0.2, 0.25) is 0 Å². The van der Waals surface area contributed by atoms with Crippen molar-refractivity contribution in [3.8, 4) is 11.3 Å². The van der Waals surface area contributed by atoms with Gasteiger partial charge in [-0.15, -0.1) is 11.3 Å². The summed E-state index contributed by atoms with van der Waals surface area (Å²) in [7, 11) is 0. The monoisotopic (exact) mass is 463 g/mol. The van der Waals surface area contributed by atoms with Crippen molar-refractivity contribution in [3.63, 3.8) is 0 Å². The van der Waals surface area contributed by atoms with Gasteiger partial charge in [-0.3, -0.25) is 20.2 Å². The molecule has 0 aliphatic carbocycles. The first-order chi connectivity index (χ1) is 16.0. The van der Waals surface area contributed by atoms with Gasteiger partial charge in [-0.25, -0.2) is 4.98 Å². The summed E-state index contributed by atoms with van der Waals surface area (Å²) in [5, 5.41) is 17.8. The summed E-state index contributed by atoms with van der Waals surface area (Å²) in [5.74, 6) is -0.442. The van der Waals surface area contributed by atoms with Gasteiger partial charge in [0.1, 0.15) is 5.69 Å². The van der Waals surface area contributed by atoms with Crippen LogP contribution in [0.1, 0.15) is 16.1 Å². The second-order valence-corrected chi connectivity index (χ2v) is 8.58. The second kappa shape index (κ2) is 8.64. The molecule has 1 fully saturated rings. The number of nitro benzene ring substituents is 1. The molecule has 33 heavy (non-hydrogen) atoms. The molecule has 5 rings (SSSR count). The zero-order valence-corrected chi connectivity index (χ0v) is 18.6. The lowest BCUT2D eigenvalue weighted by atomic mass is 10.1. The first-order valence-electron chi connectivity index (χ1n) is 10.5. The van der Waals surface area contributed by atoms with Crippen LogP contribution in [0.5, 0.6) is 0 Å². The summed E-state index contributed by atoms with van der Waals surface area (Å²) in [6, 6.07) is 12.5. The smallest absolute Gasteiger partial charge is 0.293 e. The van der Waals surface area contributed by atoms with Crippen molar-refractivity contribution < 1.29 is 14.5 Å². The van der Waals surface area contributed by atoms with Crippen LogP contribution in [-0.2, 0) is 4.74 Å². The van der Waals surface area contributed by atoms with E-state index in [1.54, 1.807) is 12.1 Å². The van der Waals surface area contributed by atoms with Gasteiger partial charge in [-0.2, -0.15) is 0 Å². The number of ether oxygens (including phenoxy) is 1. The number of morpholine rings is 1. The minimum Gasteiger partial charge on any atom is -0.378 e. The quantitative estimate of drug-likeness (QED) is 0.330. The maximum atomic E-state index is 12.8. The number of hydrogen-bond donors (Lipinski definition) is 2. The molecule has 10 heteroatoms. The van der Waals surface area contributed by atoms with E-state index in [1.807, 2.05) is 41.5 Å². The molecule has 2 aromatic heterocycles. The molecule has 1 saturated heterocycles. The highest BCUT2D eigenvalue weighted by molar-refractivity contribution is 7.14. The fraction of sp³-hybridized carbons (Fsp3) is 0.217. The van der Waals surface area contributed by atoms with Gasteiger partial charge < -0.3 is 14.6 Å². The summed E-state index contributed by atoms with van der Waals surface area (Å²) in [6.45, 7) is 4.16. The Hall–Kier alpha value is -3.76. The molecule has 0 bridgehead atoms. The lowest BCUT2D eigenvalue weighted by Gasteiger charge is -2.28. The van der Waals surface area contributed by atoms with Crippen molar-refractivity contribution in [1.29, 1.82) is 0 Å². The number of hydrogen-bond acceptors (Lipinski definition) is 7. The van der Waals surface area contributed by atoms with Gasteiger partial charge in [0.25, 0.3) is 11.6 Å². The van der Waals surface area contributed by atoms with E-state index >= 15 is 0 Å². The van der Waals surface area contributed by atoms with Crippen LogP contribution >= 0.6 is 11.3 Å². The number of aryl methyl sites for hydroxylation is 1. The van der Waals surface area contributed by atoms with E-state index in [1.165, 1.54) is 17.4 Å². The van der Waals surface area contributed by atoms with E-state index in [4.69, 9.17) is 4.74 Å². The lowest BCUT2D eigenvalue weighted by Crippen LogP contribution is -2.36. The van der Waals surface area contributed by atoms with Gasteiger partial charge >= 0.3 is 0 Å². The van der Waals surface area contributed by atoms with Gasteiger partial charge in [0, 0.05) is 52.3 Å². The number of anilines is 2. The molecule has 2 aromatic carbocycles. The molecule has 0 saturated carbocycles. The fourth-order valence-electron chi connectivity index (χ4n) is 4.10. The Morgan fingerprint density at radius 2 is 2.03 bits per heavy atom. The third-order valence-corrected chi connectivity index (χ3v) is 6.42. The Labute approximate surface area is 193 Å². The molecule has 1 aliphatic rings. The van der Waals surface area contributed by atoms with Gasteiger partial charge in [-0.05, 0) is 25.1 Å². The van der Waals surface area contributed by atoms with Crippen molar-refractivity contribution in [2.75, 3.05) is 36.5 Å². The van der Waals surface area contributed by atoms with Crippen LogP contribution in [0.2, 0.25) is 0 Å². The van der Waals surface area contributed by atoms with Crippen LogP contribution in [0.25, 0.3) is 22.2 Å². The summed E-state index contributed by atoms with van der Waals surface area (Å²) in [4.78, 5) is 33.9. The number of nitro groups is 1. The molecule has 0 radical (unpaired) electrons. The molecular formula is C23H21N5O4S. The van der Waals surface area contributed by atoms with Crippen molar-refractivity contribution in [2.45, 2.75) is 6.92 Å². The van der Waals surface area contributed by atoms with Crippen molar-refractivity contribution in [1.82, 2.24) is 9.97 Å². The van der Waals surface area contributed by atoms with Crippen molar-refractivity contribution in [3.05, 3.63) is 69.2 Å². The number of fused-ring (bicyclic) bond motifs is 1. The SMILES string of the molecule is Cc1[nH]c2ccccc2c1-c1csc(NC(=O)c2ccc(N3CCOCC3)c([N+](=O)[O-])c2)n1. The Bertz CT molecular complexity index is 1360. The average molecular weight is 464 g/mol. The normalized spacial score (nSPS) is 13.9. The maximum Gasteiger partial charge on any atom is 0.293 e. The number of nitrogens with one attached hydrogen (secondary N) is 2. The standard InChI is InChI=1S/C23H21N5O4S/c1-14-21(16-4-2-3-5-17(16)24-14)18-13-33-23(25-18)26-22(29)15-6-7-19(20(12-15)28(30)31)27-8-10-32-11-9-27/h2-7,12-13,24H,8-11H2,1H3,(H,25,26,29). The van der Waals surface area contributed by atoms with E-state index in [0.717, 1.165) is 27.9 Å². The van der Waals surface area contributed by atoms with Gasteiger partial charge in [0.05, 0.1) is 23.8 Å². The van der Waals surface area contributed by atoms with E-state index in [0.29, 0.717) is 37.1 Å². The molecule has 0 unspecified atom stereocenters. The van der Waals surface area contributed by atoms with Crippen LogP contribution in [0.3, 0.4) is 0 Å². The number of aromatic nitrogens is 2. The number of aromatic amines is 1. The molecule has 4 aromatic rings. The number of para-hydroxylation sites is 1. The summed E-state index contributed by atoms with van der Waals surface area (Å²) in [6.07, 6.45) is 0. The molecule has 2 N–H and O–H groups in total. The third kappa shape index (κ3) is 4.06. The lowest BCUT2D eigenvalue weighted by molar-refractivity contribution is -0.384. The predicted octanol–water partition coefficient (Wildman–Crippen LogP) is 4.60. The number of thiazole rings is 1. The molecule has 168 valence electrons. The second-order valence-electron chi connectivity index (χ2n) is 7.72. The van der Waals surface area contributed by atoms with Crippen molar-refractivity contribution >= 4 is 44.7 Å². The number of benzene rings is 2. The van der Waals surface area contributed by atoms with Crippen LogP contribution in [0, 0.1) is 17.0 Å². The largest absolute Gasteiger partial charge is 0.378 e. The molecule has 3 heterocycles.